The lowest BCUT2D eigenvalue weighted by molar-refractivity contribution is 0.0837. The highest BCUT2D eigenvalue weighted by atomic mass is 15.2. The van der Waals surface area contributed by atoms with E-state index in [9.17, 15) is 0 Å². The van der Waals surface area contributed by atoms with Crippen molar-refractivity contribution in [3.8, 4) is 0 Å². The molecule has 2 heteroatoms. The molecule has 0 atom stereocenters. The molecule has 2 aliphatic rings. The number of hydrogen-bond acceptors (Lipinski definition) is 2. The first kappa shape index (κ1) is 16.3. The quantitative estimate of drug-likeness (QED) is 0.840. The number of piperidine rings is 1. The normalized spacial score (nSPS) is 29.9. The summed E-state index contributed by atoms with van der Waals surface area (Å²) in [6, 6.07) is 0.869. The lowest BCUT2D eigenvalue weighted by Crippen LogP contribution is -2.44. The van der Waals surface area contributed by atoms with Gasteiger partial charge in [-0.1, -0.05) is 27.7 Å². The number of nitrogens with one attached hydrogen (secondary N) is 1. The number of hydrogen-bond donors (Lipinski definition) is 1. The third-order valence-electron chi connectivity index (χ3n) is 5.80. The van der Waals surface area contributed by atoms with Crippen LogP contribution in [0.15, 0.2) is 0 Å². The molecule has 0 unspecified atom stereocenters. The predicted molar refractivity (Wildman–Crippen MR) is 88.0 cm³/mol. The van der Waals surface area contributed by atoms with E-state index in [1.54, 1.807) is 0 Å². The fourth-order valence-electron chi connectivity index (χ4n) is 4.24. The Balaban J connectivity index is 1.80. The van der Waals surface area contributed by atoms with Crippen molar-refractivity contribution in [3.63, 3.8) is 0 Å². The largest absolute Gasteiger partial charge is 0.317 e. The summed E-state index contributed by atoms with van der Waals surface area (Å²) in [5.74, 6) is 1.88. The van der Waals surface area contributed by atoms with Crippen LogP contribution in [0.2, 0.25) is 0 Å². The number of rotatable bonds is 4. The van der Waals surface area contributed by atoms with Gasteiger partial charge in [0.05, 0.1) is 0 Å². The zero-order valence-electron chi connectivity index (χ0n) is 14.3. The monoisotopic (exact) mass is 280 g/mol. The van der Waals surface area contributed by atoms with Crippen LogP contribution in [0, 0.1) is 17.3 Å². The molecule has 0 radical (unpaired) electrons. The zero-order valence-corrected chi connectivity index (χ0v) is 14.3. The van der Waals surface area contributed by atoms with Crippen LogP contribution in [0.5, 0.6) is 0 Å². The first-order valence-corrected chi connectivity index (χ1v) is 8.95. The van der Waals surface area contributed by atoms with Gasteiger partial charge in [-0.15, -0.1) is 0 Å². The molecule has 0 amide bonds. The van der Waals surface area contributed by atoms with Crippen LogP contribution in [-0.2, 0) is 0 Å². The second-order valence-electron chi connectivity index (χ2n) is 8.15. The van der Waals surface area contributed by atoms with Crippen molar-refractivity contribution in [2.45, 2.75) is 72.3 Å². The molecule has 0 aromatic rings. The summed E-state index contributed by atoms with van der Waals surface area (Å²) < 4.78 is 0. The Kier molecular flexibility index (Phi) is 5.92. The Morgan fingerprint density at radius 3 is 2.05 bits per heavy atom. The fraction of sp³-hybridized carbons (Fsp3) is 1.00. The topological polar surface area (TPSA) is 15.3 Å². The molecule has 1 saturated heterocycles. The molecule has 0 aromatic heterocycles. The van der Waals surface area contributed by atoms with Gasteiger partial charge in [0.15, 0.2) is 0 Å². The minimum absolute atomic E-state index is 0.511. The van der Waals surface area contributed by atoms with Gasteiger partial charge in [0.1, 0.15) is 0 Å². The Morgan fingerprint density at radius 2 is 1.55 bits per heavy atom. The average molecular weight is 281 g/mol. The summed E-state index contributed by atoms with van der Waals surface area (Å²) >= 11 is 0. The molecular formula is C18H36N2. The van der Waals surface area contributed by atoms with Gasteiger partial charge in [-0.3, -0.25) is 0 Å². The molecule has 1 aliphatic carbocycles. The van der Waals surface area contributed by atoms with Crippen molar-refractivity contribution < 1.29 is 0 Å². The van der Waals surface area contributed by atoms with Crippen LogP contribution in [-0.4, -0.2) is 37.1 Å². The second-order valence-corrected chi connectivity index (χ2v) is 8.15. The minimum atomic E-state index is 0.511. The first-order chi connectivity index (χ1) is 9.50. The Hall–Kier alpha value is -0.0800. The molecule has 1 heterocycles. The van der Waals surface area contributed by atoms with E-state index >= 15 is 0 Å². The molecule has 1 aliphatic heterocycles. The summed E-state index contributed by atoms with van der Waals surface area (Å²) in [5.41, 5.74) is 0.511. The van der Waals surface area contributed by atoms with E-state index in [4.69, 9.17) is 0 Å². The third kappa shape index (κ3) is 4.46. The maximum Gasteiger partial charge on any atom is 0.00954 e. The molecule has 20 heavy (non-hydrogen) atoms. The molecule has 0 spiro atoms. The molecule has 0 bridgehead atoms. The second kappa shape index (κ2) is 7.26. The molecule has 1 N–H and O–H groups in total. The van der Waals surface area contributed by atoms with E-state index in [-0.39, 0.29) is 0 Å². The van der Waals surface area contributed by atoms with Gasteiger partial charge in [-0.25, -0.2) is 0 Å². The highest BCUT2D eigenvalue weighted by Gasteiger charge is 2.32. The average Bonchev–Trinajstić information content (AvgIpc) is 2.45. The summed E-state index contributed by atoms with van der Waals surface area (Å²) in [6.07, 6.45) is 8.51. The Morgan fingerprint density at radius 1 is 0.950 bits per heavy atom. The van der Waals surface area contributed by atoms with E-state index in [1.165, 1.54) is 64.7 Å². The highest BCUT2D eigenvalue weighted by Crippen LogP contribution is 2.39. The van der Waals surface area contributed by atoms with Crippen LogP contribution in [0.1, 0.15) is 66.2 Å². The summed E-state index contributed by atoms with van der Waals surface area (Å²) in [7, 11) is 0. The molecule has 2 fully saturated rings. The molecule has 2 rings (SSSR count). The molecular weight excluding hydrogens is 244 g/mol. The van der Waals surface area contributed by atoms with E-state index in [2.05, 4.69) is 37.9 Å². The van der Waals surface area contributed by atoms with Crippen molar-refractivity contribution in [3.05, 3.63) is 0 Å². The predicted octanol–water partition coefficient (Wildman–Crippen LogP) is 3.91. The van der Waals surface area contributed by atoms with Gasteiger partial charge in [-0.05, 0) is 75.4 Å². The maximum atomic E-state index is 3.49. The van der Waals surface area contributed by atoms with Crippen LogP contribution in [0.25, 0.3) is 0 Å². The highest BCUT2D eigenvalue weighted by molar-refractivity contribution is 4.85. The van der Waals surface area contributed by atoms with E-state index in [0.717, 1.165) is 17.9 Å². The third-order valence-corrected chi connectivity index (χ3v) is 5.80. The van der Waals surface area contributed by atoms with Crippen LogP contribution >= 0.6 is 0 Å². The number of nitrogens with zero attached hydrogens (tertiary/aromatic N) is 1. The lowest BCUT2D eigenvalue weighted by atomic mass is 9.71. The van der Waals surface area contributed by atoms with Gasteiger partial charge in [0.2, 0.25) is 0 Å². The standard InChI is InChI=1S/C18H36N2/c1-5-20(14-15-10-12-19-13-11-15)17-8-6-16(7-9-17)18(2,3)4/h15-17,19H,5-14H2,1-4H3. The Bertz CT molecular complexity index is 268. The first-order valence-electron chi connectivity index (χ1n) is 8.95. The van der Waals surface area contributed by atoms with E-state index in [1.807, 2.05) is 0 Å². The SMILES string of the molecule is CCN(CC1CCNCC1)C1CCC(C(C)(C)C)CC1. The van der Waals surface area contributed by atoms with Crippen molar-refractivity contribution in [1.82, 2.24) is 10.2 Å². The molecule has 0 aromatic carbocycles. The van der Waals surface area contributed by atoms with Crippen molar-refractivity contribution in [2.75, 3.05) is 26.2 Å². The van der Waals surface area contributed by atoms with E-state index < -0.39 is 0 Å². The molecule has 2 nitrogen and oxygen atoms in total. The van der Waals surface area contributed by atoms with E-state index in [0.29, 0.717) is 5.41 Å². The lowest BCUT2D eigenvalue weighted by Gasteiger charge is -2.42. The maximum absolute atomic E-state index is 3.49. The smallest absolute Gasteiger partial charge is 0.00954 e. The van der Waals surface area contributed by atoms with Gasteiger partial charge in [0, 0.05) is 12.6 Å². The summed E-state index contributed by atoms with van der Waals surface area (Å²) in [5, 5.41) is 3.49. The van der Waals surface area contributed by atoms with Crippen LogP contribution < -0.4 is 5.32 Å². The van der Waals surface area contributed by atoms with Gasteiger partial charge in [-0.2, -0.15) is 0 Å². The molecule has 1 saturated carbocycles. The van der Waals surface area contributed by atoms with Crippen LogP contribution in [0.4, 0.5) is 0 Å². The van der Waals surface area contributed by atoms with Crippen molar-refractivity contribution >= 4 is 0 Å². The van der Waals surface area contributed by atoms with Crippen molar-refractivity contribution in [1.29, 1.82) is 0 Å². The summed E-state index contributed by atoms with van der Waals surface area (Å²) in [4.78, 5) is 2.80. The van der Waals surface area contributed by atoms with Gasteiger partial charge in [0.25, 0.3) is 0 Å². The zero-order chi connectivity index (χ0) is 14.6. The summed E-state index contributed by atoms with van der Waals surface area (Å²) in [6.45, 7) is 14.7. The fourth-order valence-corrected chi connectivity index (χ4v) is 4.24. The molecule has 118 valence electrons. The minimum Gasteiger partial charge on any atom is -0.317 e. The van der Waals surface area contributed by atoms with Gasteiger partial charge < -0.3 is 10.2 Å². The van der Waals surface area contributed by atoms with Crippen molar-refractivity contribution in [2.24, 2.45) is 17.3 Å². The van der Waals surface area contributed by atoms with Crippen LogP contribution in [0.3, 0.4) is 0 Å². The Labute approximate surface area is 126 Å². The van der Waals surface area contributed by atoms with Gasteiger partial charge >= 0.3 is 0 Å².